The fourth-order valence-electron chi connectivity index (χ4n) is 2.19. The van der Waals surface area contributed by atoms with Gasteiger partial charge in [-0.2, -0.15) is 0 Å². The molecule has 3 N–H and O–H groups in total. The summed E-state index contributed by atoms with van der Waals surface area (Å²) in [5.41, 5.74) is 9.34. The van der Waals surface area contributed by atoms with Gasteiger partial charge < -0.3 is 15.6 Å². The molecule has 0 saturated heterocycles. The molecule has 0 unspecified atom stereocenters. The molecule has 0 saturated carbocycles. The number of amides is 1. The third-order valence-corrected chi connectivity index (χ3v) is 3.32. The molecular weight excluding hydrogens is 266 g/mol. The molecule has 0 bridgehead atoms. The van der Waals surface area contributed by atoms with Crippen LogP contribution in [0.25, 0.3) is 11.0 Å². The van der Waals surface area contributed by atoms with Crippen LogP contribution in [-0.4, -0.2) is 11.1 Å². The third kappa shape index (κ3) is 2.72. The van der Waals surface area contributed by atoms with E-state index in [-0.39, 0.29) is 12.3 Å². The van der Waals surface area contributed by atoms with Gasteiger partial charge in [-0.15, -0.1) is 0 Å². The average molecular weight is 281 g/mol. The van der Waals surface area contributed by atoms with Crippen molar-refractivity contribution in [3.63, 3.8) is 0 Å². The average Bonchev–Trinajstić information content (AvgIpc) is 2.86. The Morgan fingerprint density at radius 1 is 1.29 bits per heavy atom. The maximum Gasteiger partial charge on any atom is 0.230 e. The first-order valence-corrected chi connectivity index (χ1v) is 6.63. The quantitative estimate of drug-likeness (QED) is 0.723. The highest BCUT2D eigenvalue weighted by atomic mass is 16.5. The molecule has 5 heteroatoms. The molecule has 0 fully saturated rings. The highest BCUT2D eigenvalue weighted by Gasteiger charge is 2.12. The monoisotopic (exact) mass is 281 g/mol. The number of carbonyl (C=O) groups is 1. The van der Waals surface area contributed by atoms with Crippen molar-refractivity contribution >= 4 is 28.3 Å². The van der Waals surface area contributed by atoms with E-state index >= 15 is 0 Å². The first-order chi connectivity index (χ1) is 10.1. The van der Waals surface area contributed by atoms with Crippen molar-refractivity contribution in [1.82, 2.24) is 5.16 Å². The van der Waals surface area contributed by atoms with E-state index in [9.17, 15) is 4.79 Å². The lowest BCUT2D eigenvalue weighted by Gasteiger charge is -2.08. The van der Waals surface area contributed by atoms with Crippen LogP contribution in [0.1, 0.15) is 11.3 Å². The number of nitrogens with one attached hydrogen (secondary N) is 1. The molecule has 0 radical (unpaired) electrons. The number of aromatic nitrogens is 1. The van der Waals surface area contributed by atoms with Crippen molar-refractivity contribution in [1.29, 1.82) is 0 Å². The first-order valence-electron chi connectivity index (χ1n) is 6.63. The highest BCUT2D eigenvalue weighted by molar-refractivity contribution is 5.95. The summed E-state index contributed by atoms with van der Waals surface area (Å²) in [6.45, 7) is 1.92. The molecule has 1 aromatic heterocycles. The van der Waals surface area contributed by atoms with Gasteiger partial charge in [-0.25, -0.2) is 0 Å². The number of hydrogen-bond donors (Lipinski definition) is 2. The predicted octanol–water partition coefficient (Wildman–Crippen LogP) is 2.90. The zero-order chi connectivity index (χ0) is 14.8. The molecule has 0 spiro atoms. The minimum absolute atomic E-state index is 0.150. The number of para-hydroxylation sites is 1. The Morgan fingerprint density at radius 2 is 2.10 bits per heavy atom. The molecule has 0 aliphatic carbocycles. The summed E-state index contributed by atoms with van der Waals surface area (Å²) < 4.78 is 5.19. The largest absolute Gasteiger partial charge is 0.399 e. The van der Waals surface area contributed by atoms with Gasteiger partial charge in [0.15, 0.2) is 5.58 Å². The molecule has 106 valence electrons. The van der Waals surface area contributed by atoms with Crippen LogP contribution >= 0.6 is 0 Å². The number of benzene rings is 2. The second kappa shape index (κ2) is 5.28. The molecule has 0 atom stereocenters. The Balaban J connectivity index is 1.79. The Morgan fingerprint density at radius 3 is 2.95 bits per heavy atom. The fraction of sp³-hybridized carbons (Fsp3) is 0.125. The molecule has 1 amide bonds. The summed E-state index contributed by atoms with van der Waals surface area (Å²) in [4.78, 5) is 12.2. The van der Waals surface area contributed by atoms with Crippen LogP contribution in [-0.2, 0) is 11.2 Å². The van der Waals surface area contributed by atoms with E-state index in [1.807, 2.05) is 37.3 Å². The van der Waals surface area contributed by atoms with Gasteiger partial charge in [0.25, 0.3) is 0 Å². The van der Waals surface area contributed by atoms with Crippen molar-refractivity contribution in [3.8, 4) is 0 Å². The Bertz CT molecular complexity index is 808. The van der Waals surface area contributed by atoms with Crippen LogP contribution in [0.5, 0.6) is 0 Å². The maximum atomic E-state index is 12.2. The lowest BCUT2D eigenvalue weighted by molar-refractivity contribution is -0.115. The smallest absolute Gasteiger partial charge is 0.230 e. The molecule has 5 nitrogen and oxygen atoms in total. The summed E-state index contributed by atoms with van der Waals surface area (Å²) >= 11 is 0. The zero-order valence-electron chi connectivity index (χ0n) is 11.6. The van der Waals surface area contributed by atoms with Crippen molar-refractivity contribution in [2.24, 2.45) is 0 Å². The molecule has 3 rings (SSSR count). The summed E-state index contributed by atoms with van der Waals surface area (Å²) in [6.07, 6.45) is 0.158. The number of anilines is 2. The minimum atomic E-state index is -0.150. The van der Waals surface area contributed by atoms with Gasteiger partial charge in [0.05, 0.1) is 6.42 Å². The number of nitrogen functional groups attached to an aromatic ring is 1. The topological polar surface area (TPSA) is 81.1 Å². The number of rotatable bonds is 3. The summed E-state index contributed by atoms with van der Waals surface area (Å²) in [7, 11) is 0. The van der Waals surface area contributed by atoms with Crippen LogP contribution in [0, 0.1) is 6.92 Å². The minimum Gasteiger partial charge on any atom is -0.399 e. The lowest BCUT2D eigenvalue weighted by atomic mass is 10.1. The Labute approximate surface area is 121 Å². The molecule has 0 aliphatic rings. The third-order valence-electron chi connectivity index (χ3n) is 3.32. The van der Waals surface area contributed by atoms with E-state index in [0.717, 1.165) is 10.9 Å². The summed E-state index contributed by atoms with van der Waals surface area (Å²) in [5, 5.41) is 7.67. The van der Waals surface area contributed by atoms with Crippen LogP contribution < -0.4 is 11.1 Å². The molecular formula is C16H15N3O2. The van der Waals surface area contributed by atoms with Crippen molar-refractivity contribution in [3.05, 3.63) is 53.7 Å². The molecule has 0 aliphatic heterocycles. The number of nitrogens with zero attached hydrogens (tertiary/aromatic N) is 1. The van der Waals surface area contributed by atoms with Gasteiger partial charge in [0.2, 0.25) is 5.91 Å². The van der Waals surface area contributed by atoms with E-state index in [2.05, 4.69) is 10.5 Å². The van der Waals surface area contributed by atoms with Crippen molar-refractivity contribution in [2.45, 2.75) is 13.3 Å². The summed E-state index contributed by atoms with van der Waals surface area (Å²) in [5.74, 6) is -0.150. The number of hydrogen-bond acceptors (Lipinski definition) is 4. The Kier molecular flexibility index (Phi) is 3.31. The van der Waals surface area contributed by atoms with Gasteiger partial charge in [0, 0.05) is 16.8 Å². The van der Waals surface area contributed by atoms with E-state index in [4.69, 9.17) is 10.3 Å². The Hall–Kier alpha value is -2.82. The molecule has 2 aromatic carbocycles. The normalized spacial score (nSPS) is 10.7. The lowest BCUT2D eigenvalue weighted by Crippen LogP contribution is -2.15. The van der Waals surface area contributed by atoms with Gasteiger partial charge in [-0.3, -0.25) is 4.79 Å². The SMILES string of the molecule is Cc1ccc(N)cc1NC(=O)Cc1noc2ccccc12. The first kappa shape index (κ1) is 13.2. The predicted molar refractivity (Wildman–Crippen MR) is 81.9 cm³/mol. The molecule has 3 aromatic rings. The van der Waals surface area contributed by atoms with Crippen molar-refractivity contribution < 1.29 is 9.32 Å². The van der Waals surface area contributed by atoms with Crippen LogP contribution in [0.15, 0.2) is 47.0 Å². The van der Waals surface area contributed by atoms with Gasteiger partial charge in [-0.05, 0) is 36.8 Å². The van der Waals surface area contributed by atoms with Gasteiger partial charge in [-0.1, -0.05) is 23.4 Å². The van der Waals surface area contributed by atoms with E-state index in [0.29, 0.717) is 22.7 Å². The molecule has 1 heterocycles. The van der Waals surface area contributed by atoms with E-state index in [1.54, 1.807) is 12.1 Å². The highest BCUT2D eigenvalue weighted by Crippen LogP contribution is 2.20. The summed E-state index contributed by atoms with van der Waals surface area (Å²) in [6, 6.07) is 12.9. The second-order valence-electron chi connectivity index (χ2n) is 4.92. The number of nitrogens with two attached hydrogens (primary N) is 1. The second-order valence-corrected chi connectivity index (χ2v) is 4.92. The van der Waals surface area contributed by atoms with Gasteiger partial charge >= 0.3 is 0 Å². The van der Waals surface area contributed by atoms with Crippen LogP contribution in [0.4, 0.5) is 11.4 Å². The standard InChI is InChI=1S/C16H15N3O2/c1-10-6-7-11(17)8-13(10)18-16(20)9-14-12-4-2-3-5-15(12)21-19-14/h2-8H,9,17H2,1H3,(H,18,20). The van der Waals surface area contributed by atoms with Crippen molar-refractivity contribution in [2.75, 3.05) is 11.1 Å². The van der Waals surface area contributed by atoms with E-state index in [1.165, 1.54) is 0 Å². The molecule has 21 heavy (non-hydrogen) atoms. The number of fused-ring (bicyclic) bond motifs is 1. The van der Waals surface area contributed by atoms with Crippen LogP contribution in [0.3, 0.4) is 0 Å². The van der Waals surface area contributed by atoms with E-state index < -0.39 is 0 Å². The number of carbonyl (C=O) groups excluding carboxylic acids is 1. The maximum absolute atomic E-state index is 12.2. The fourth-order valence-corrected chi connectivity index (χ4v) is 2.19. The van der Waals surface area contributed by atoms with Gasteiger partial charge in [0.1, 0.15) is 5.69 Å². The number of aryl methyl sites for hydroxylation is 1. The van der Waals surface area contributed by atoms with Crippen LogP contribution in [0.2, 0.25) is 0 Å². The zero-order valence-corrected chi connectivity index (χ0v) is 11.6.